The van der Waals surface area contributed by atoms with Gasteiger partial charge in [0, 0.05) is 71.7 Å². The average Bonchev–Trinajstić information content (AvgIpc) is 3.41. The minimum absolute atomic E-state index is 0.00178. The number of ketones is 3. The van der Waals surface area contributed by atoms with Crippen molar-refractivity contribution in [2.75, 3.05) is 54.3 Å². The standard InChI is InChI=1S/C62H103NO15Si/c1-40-22-17-16-18-23-41(2)52(75-33-32-71-11)38-48-27-25-46(7)62(70,78-48)58(67)59(68)63-29-20-19-24-49(63)60(69)77-53(39-50(64)42(3)35-45(6)56(66)57(73-13)55(65)44(5)34-40)43(4)36-47-26-28-51(54(37-47)72-12)74-30-21-31-76-79(14,15)61(8,9)10/h16-18,22-23,35,40,42-44,46-49,51-54,56-57,66,70H,19-21,24-34,36-39H2,1-15H3/b18-16+,22-17+,41-23+,45-35+/t40-,42-,43?,44-,46-,47+,48+,49+,51-,52+,53+,54-,56-,57+,62-/m1/s1. The van der Waals surface area contributed by atoms with Gasteiger partial charge in [-0.25, -0.2) is 4.79 Å². The van der Waals surface area contributed by atoms with Crippen LogP contribution in [-0.4, -0.2) is 162 Å². The number of amides is 1. The van der Waals surface area contributed by atoms with E-state index in [1.165, 1.54) is 12.0 Å². The summed E-state index contributed by atoms with van der Waals surface area (Å²) in [6, 6.07) is -1.15. The highest BCUT2D eigenvalue weighted by molar-refractivity contribution is 6.74. The summed E-state index contributed by atoms with van der Waals surface area (Å²) in [5.41, 5.74) is 1.26. The molecule has 1 saturated carbocycles. The highest BCUT2D eigenvalue weighted by Crippen LogP contribution is 2.39. The molecule has 4 aliphatic rings. The predicted molar refractivity (Wildman–Crippen MR) is 307 cm³/mol. The van der Waals surface area contributed by atoms with E-state index in [0.29, 0.717) is 70.3 Å². The minimum atomic E-state index is -2.46. The molecule has 16 nitrogen and oxygen atoms in total. The van der Waals surface area contributed by atoms with Crippen LogP contribution in [0.25, 0.3) is 0 Å². The largest absolute Gasteiger partial charge is 0.460 e. The van der Waals surface area contributed by atoms with Crippen LogP contribution in [0.3, 0.4) is 0 Å². The van der Waals surface area contributed by atoms with Gasteiger partial charge in [0.2, 0.25) is 5.79 Å². The summed E-state index contributed by atoms with van der Waals surface area (Å²) in [5, 5.41) is 23.9. The van der Waals surface area contributed by atoms with Gasteiger partial charge in [-0.2, -0.15) is 0 Å². The first-order chi connectivity index (χ1) is 37.2. The van der Waals surface area contributed by atoms with Crippen LogP contribution in [0.1, 0.15) is 153 Å². The SMILES string of the molecule is COCCO[C@H]1C[C@@H]2CC[C@@H](C)[C@@](O)(O2)C(=O)C(=O)N2CCCC[C@H]2C(=O)O[C@H](C(C)C[C@@H]2CC[C@@H](OCCCO[Si](C)(C)C(C)(C)C)[C@H](OC)C2)CC(=O)[C@H](C)/C=C(\C)[C@@H](O)[C@@H](OC)C(=O)[C@H](C)C[C@H](C)/C=C/C=C/C=C/1C. The number of fused-ring (bicyclic) bond motifs is 3. The van der Waals surface area contributed by atoms with Crippen molar-refractivity contribution in [2.45, 2.75) is 225 Å². The molecule has 4 rings (SSSR count). The van der Waals surface area contributed by atoms with Crippen molar-refractivity contribution in [3.05, 3.63) is 47.6 Å². The number of rotatable bonds is 15. The Morgan fingerprint density at radius 2 is 1.54 bits per heavy atom. The molecule has 2 N–H and O–H groups in total. The van der Waals surface area contributed by atoms with Crippen molar-refractivity contribution in [1.82, 2.24) is 4.90 Å². The van der Waals surface area contributed by atoms with Crippen molar-refractivity contribution in [3.63, 3.8) is 0 Å². The van der Waals surface area contributed by atoms with E-state index < -0.39 is 86.1 Å². The second kappa shape index (κ2) is 32.0. The van der Waals surface area contributed by atoms with Crippen LogP contribution in [0.15, 0.2) is 47.6 Å². The third kappa shape index (κ3) is 19.7. The van der Waals surface area contributed by atoms with E-state index in [1.807, 2.05) is 58.1 Å². The van der Waals surface area contributed by atoms with Gasteiger partial charge in [-0.05, 0) is 132 Å². The number of aliphatic hydroxyl groups excluding tert-OH is 1. The fourth-order valence-corrected chi connectivity index (χ4v) is 12.4. The number of nitrogens with zero attached hydrogens (tertiary/aromatic N) is 1. The molecular weight excluding hydrogens is 1030 g/mol. The number of hydrogen-bond acceptors (Lipinski definition) is 15. The molecule has 2 bridgehead atoms. The lowest BCUT2D eigenvalue weighted by Gasteiger charge is -2.43. The highest BCUT2D eigenvalue weighted by Gasteiger charge is 2.53. The van der Waals surface area contributed by atoms with Crippen molar-refractivity contribution >= 4 is 37.5 Å². The molecule has 0 radical (unpaired) electrons. The van der Waals surface area contributed by atoms with E-state index in [4.69, 9.17) is 37.6 Å². The van der Waals surface area contributed by atoms with Crippen LogP contribution in [0, 0.1) is 35.5 Å². The number of carbonyl (C=O) groups is 5. The number of esters is 1. The summed E-state index contributed by atoms with van der Waals surface area (Å²) in [4.78, 5) is 73.2. The Morgan fingerprint density at radius 1 is 0.823 bits per heavy atom. The van der Waals surface area contributed by atoms with Gasteiger partial charge in [0.25, 0.3) is 11.7 Å². The maximum absolute atomic E-state index is 14.7. The summed E-state index contributed by atoms with van der Waals surface area (Å²) in [6.07, 6.45) is 13.0. The summed E-state index contributed by atoms with van der Waals surface area (Å²) in [7, 11) is 2.80. The molecule has 3 fully saturated rings. The molecule has 2 saturated heterocycles. The van der Waals surface area contributed by atoms with Crippen LogP contribution in [0.5, 0.6) is 0 Å². The predicted octanol–water partition coefficient (Wildman–Crippen LogP) is 9.63. The quantitative estimate of drug-likeness (QED) is 0.0515. The topological polar surface area (TPSA) is 203 Å². The molecule has 1 amide bonds. The number of aliphatic hydroxyl groups is 2. The summed E-state index contributed by atoms with van der Waals surface area (Å²) >= 11 is 0. The zero-order chi connectivity index (χ0) is 58.8. The lowest BCUT2D eigenvalue weighted by atomic mass is 9.78. The number of ether oxygens (including phenoxy) is 7. The van der Waals surface area contributed by atoms with E-state index in [9.17, 15) is 34.2 Å². The van der Waals surface area contributed by atoms with Gasteiger partial charge in [-0.3, -0.25) is 19.2 Å². The molecule has 450 valence electrons. The monoisotopic (exact) mass is 1130 g/mol. The van der Waals surface area contributed by atoms with Crippen LogP contribution in [0.4, 0.5) is 0 Å². The van der Waals surface area contributed by atoms with Crippen molar-refractivity contribution in [1.29, 1.82) is 0 Å². The maximum Gasteiger partial charge on any atom is 0.329 e. The number of Topliss-reactive ketones (excluding diaryl/α,β-unsaturated/α-hetero) is 3. The van der Waals surface area contributed by atoms with Gasteiger partial charge < -0.3 is 52.7 Å². The van der Waals surface area contributed by atoms with Gasteiger partial charge in [0.15, 0.2) is 14.1 Å². The molecule has 1 aliphatic carbocycles. The van der Waals surface area contributed by atoms with Crippen LogP contribution in [-0.2, 0) is 61.6 Å². The average molecular weight is 1130 g/mol. The Balaban J connectivity index is 1.65. The molecule has 15 atom stereocenters. The molecule has 17 heteroatoms. The number of methoxy groups -OCH3 is 3. The smallest absolute Gasteiger partial charge is 0.329 e. The molecule has 0 aromatic rings. The van der Waals surface area contributed by atoms with Crippen LogP contribution < -0.4 is 0 Å². The first-order valence-corrected chi connectivity index (χ1v) is 32.4. The van der Waals surface area contributed by atoms with Crippen LogP contribution >= 0.6 is 0 Å². The van der Waals surface area contributed by atoms with Gasteiger partial charge in [0.1, 0.15) is 30.1 Å². The van der Waals surface area contributed by atoms with E-state index in [2.05, 4.69) is 33.9 Å². The van der Waals surface area contributed by atoms with Crippen LogP contribution in [0.2, 0.25) is 18.1 Å². The third-order valence-corrected chi connectivity index (χ3v) is 22.2. The summed E-state index contributed by atoms with van der Waals surface area (Å²) < 4.78 is 48.7. The third-order valence-electron chi connectivity index (χ3n) is 17.7. The first-order valence-electron chi connectivity index (χ1n) is 29.5. The van der Waals surface area contributed by atoms with Gasteiger partial charge >= 0.3 is 5.97 Å². The molecule has 0 spiro atoms. The molecule has 3 heterocycles. The van der Waals surface area contributed by atoms with Gasteiger partial charge in [-0.1, -0.05) is 91.8 Å². The molecule has 0 aromatic carbocycles. The second-order valence-corrected chi connectivity index (χ2v) is 29.8. The van der Waals surface area contributed by atoms with Gasteiger partial charge in [0.05, 0.1) is 37.6 Å². The number of cyclic esters (lactones) is 1. The number of allylic oxidation sites excluding steroid dienone is 6. The fourth-order valence-electron chi connectivity index (χ4n) is 11.3. The summed E-state index contributed by atoms with van der Waals surface area (Å²) in [6.45, 7) is 25.9. The van der Waals surface area contributed by atoms with Crippen molar-refractivity contribution in [2.24, 2.45) is 35.5 Å². The van der Waals surface area contributed by atoms with Crippen molar-refractivity contribution in [3.8, 4) is 0 Å². The fraction of sp³-hybridized carbons (Fsp3) is 0.790. The Morgan fingerprint density at radius 3 is 2.22 bits per heavy atom. The molecule has 1 unspecified atom stereocenters. The summed E-state index contributed by atoms with van der Waals surface area (Å²) in [5.74, 6) is -7.98. The maximum atomic E-state index is 14.7. The zero-order valence-corrected chi connectivity index (χ0v) is 51.9. The Labute approximate surface area is 475 Å². The minimum Gasteiger partial charge on any atom is -0.460 e. The Kier molecular flexibility index (Phi) is 27.6. The van der Waals surface area contributed by atoms with E-state index in [0.717, 1.165) is 24.8 Å². The number of carbonyl (C=O) groups excluding carboxylic acids is 5. The highest BCUT2D eigenvalue weighted by atomic mass is 28.4. The number of hydrogen-bond donors (Lipinski definition) is 2. The lowest BCUT2D eigenvalue weighted by molar-refractivity contribution is -0.266. The number of piperidine rings is 1. The first kappa shape index (κ1) is 68.3. The second-order valence-electron chi connectivity index (χ2n) is 25.0. The van der Waals surface area contributed by atoms with E-state index >= 15 is 0 Å². The lowest BCUT2D eigenvalue weighted by Crippen LogP contribution is -2.61. The Hall–Kier alpha value is -3.23. The molecule has 3 aliphatic heterocycles. The molecule has 79 heavy (non-hydrogen) atoms. The molecule has 0 aromatic heterocycles. The normalized spacial score (nSPS) is 35.8. The Bertz CT molecular complexity index is 2100. The molecular formula is C62H103NO15Si. The van der Waals surface area contributed by atoms with Crippen molar-refractivity contribution < 1.29 is 71.8 Å². The van der Waals surface area contributed by atoms with E-state index in [-0.39, 0.29) is 79.0 Å². The van der Waals surface area contributed by atoms with E-state index in [1.54, 1.807) is 41.1 Å². The van der Waals surface area contributed by atoms with Gasteiger partial charge in [-0.15, -0.1) is 0 Å². The zero-order valence-electron chi connectivity index (χ0n) is 50.9.